The zero-order chi connectivity index (χ0) is 26.0. The maximum atomic E-state index is 13.8. The van der Waals surface area contributed by atoms with E-state index in [1.54, 1.807) is 36.7 Å². The van der Waals surface area contributed by atoms with Gasteiger partial charge in [-0.15, -0.1) is 0 Å². The smallest absolute Gasteiger partial charge is 0.341 e. The van der Waals surface area contributed by atoms with Crippen LogP contribution in [0.3, 0.4) is 0 Å². The summed E-state index contributed by atoms with van der Waals surface area (Å²) >= 11 is 0. The molecule has 0 unspecified atom stereocenters. The van der Waals surface area contributed by atoms with Crippen LogP contribution in [0.25, 0.3) is 16.8 Å². The molecule has 2 saturated heterocycles. The molecule has 1 aromatic carbocycles. The summed E-state index contributed by atoms with van der Waals surface area (Å²) in [6, 6.07) is 6.59. The quantitative estimate of drug-likeness (QED) is 0.271. The monoisotopic (exact) mass is 510 g/mol. The third-order valence-corrected chi connectivity index (χ3v) is 6.75. The maximum absolute atomic E-state index is 13.8. The van der Waals surface area contributed by atoms with E-state index in [-0.39, 0.29) is 17.8 Å². The van der Waals surface area contributed by atoms with Gasteiger partial charge in [-0.1, -0.05) is 24.3 Å². The number of aromatic amines is 2. The number of nitrogens with one attached hydrogen (secondary N) is 4. The second-order valence-corrected chi connectivity index (χ2v) is 9.32. The van der Waals surface area contributed by atoms with Gasteiger partial charge in [0.1, 0.15) is 23.0 Å². The fourth-order valence-corrected chi connectivity index (χ4v) is 4.73. The first-order chi connectivity index (χ1) is 17.8. The van der Waals surface area contributed by atoms with Crippen molar-refractivity contribution in [1.82, 2.24) is 30.6 Å². The molecule has 8 nitrogen and oxygen atoms in total. The van der Waals surface area contributed by atoms with E-state index in [0.717, 1.165) is 55.9 Å². The lowest BCUT2D eigenvalue weighted by Crippen LogP contribution is -2.14. The molecule has 2 aromatic heterocycles. The van der Waals surface area contributed by atoms with Gasteiger partial charge in [0, 0.05) is 17.3 Å². The summed E-state index contributed by atoms with van der Waals surface area (Å²) in [7, 11) is 0. The molecule has 2 fully saturated rings. The van der Waals surface area contributed by atoms with E-state index in [2.05, 4.69) is 47.3 Å². The van der Waals surface area contributed by atoms with Crippen molar-refractivity contribution in [3.63, 3.8) is 0 Å². The highest BCUT2D eigenvalue weighted by Gasteiger charge is 2.38. The Kier molecular flexibility index (Phi) is 7.07. The van der Waals surface area contributed by atoms with Crippen LogP contribution in [0.1, 0.15) is 73.3 Å². The number of imidazole rings is 2. The number of aromatic nitrogens is 4. The predicted octanol–water partition coefficient (Wildman–Crippen LogP) is 5.18. The highest BCUT2D eigenvalue weighted by molar-refractivity contribution is 6.02. The molecule has 5 rings (SSSR count). The Labute approximate surface area is 212 Å². The highest BCUT2D eigenvalue weighted by Crippen LogP contribution is 2.37. The molecule has 0 radical (unpaired) electrons. The molecule has 2 aliphatic rings. The SMILES string of the molecule is C=NC(=N/C=C(\C)c1cnc([C@@H]2CCCN2)[nH]1)c1ccc(-c2nc([C@@H]3CCCN3)[nH]c2C(F)(F)F)cc1. The number of halogens is 3. The molecule has 4 heterocycles. The molecular formula is C26H29F3N8. The predicted molar refractivity (Wildman–Crippen MR) is 137 cm³/mol. The van der Waals surface area contributed by atoms with Crippen LogP contribution >= 0.6 is 0 Å². The highest BCUT2D eigenvalue weighted by atomic mass is 19.4. The molecule has 194 valence electrons. The zero-order valence-electron chi connectivity index (χ0n) is 20.5. The topological polar surface area (TPSA) is 106 Å². The maximum Gasteiger partial charge on any atom is 0.433 e. The van der Waals surface area contributed by atoms with Gasteiger partial charge in [0.15, 0.2) is 5.84 Å². The van der Waals surface area contributed by atoms with Gasteiger partial charge >= 0.3 is 6.18 Å². The van der Waals surface area contributed by atoms with Crippen LogP contribution in [0.2, 0.25) is 0 Å². The van der Waals surface area contributed by atoms with E-state index in [1.807, 2.05) is 6.92 Å². The van der Waals surface area contributed by atoms with Crippen molar-refractivity contribution in [2.45, 2.75) is 50.9 Å². The summed E-state index contributed by atoms with van der Waals surface area (Å²) in [5.41, 5.74) is 1.76. The van der Waals surface area contributed by atoms with Gasteiger partial charge in [-0.2, -0.15) is 13.2 Å². The summed E-state index contributed by atoms with van der Waals surface area (Å²) in [4.78, 5) is 23.1. The molecule has 0 amide bonds. The van der Waals surface area contributed by atoms with Gasteiger partial charge in [0.05, 0.1) is 24.0 Å². The van der Waals surface area contributed by atoms with Crippen molar-refractivity contribution in [1.29, 1.82) is 0 Å². The van der Waals surface area contributed by atoms with Gasteiger partial charge in [-0.05, 0) is 58.0 Å². The molecule has 2 aliphatic heterocycles. The fourth-order valence-electron chi connectivity index (χ4n) is 4.73. The first kappa shape index (κ1) is 25.1. The Balaban J connectivity index is 1.37. The normalized spacial score (nSPS) is 21.1. The minimum Gasteiger partial charge on any atom is -0.341 e. The Morgan fingerprint density at radius 1 is 1.03 bits per heavy atom. The Hall–Kier alpha value is -3.57. The minimum absolute atomic E-state index is 0.115. The Morgan fingerprint density at radius 3 is 2.30 bits per heavy atom. The van der Waals surface area contributed by atoms with Crippen molar-refractivity contribution >= 4 is 18.1 Å². The summed E-state index contributed by atoms with van der Waals surface area (Å²) in [6.07, 6.45) is 2.74. The number of amidine groups is 1. The van der Waals surface area contributed by atoms with Crippen LogP contribution in [-0.4, -0.2) is 45.6 Å². The number of alkyl halides is 3. The summed E-state index contributed by atoms with van der Waals surface area (Å²) in [5, 5.41) is 6.60. The number of hydrogen-bond acceptors (Lipinski definition) is 5. The first-order valence-corrected chi connectivity index (χ1v) is 12.3. The summed E-state index contributed by atoms with van der Waals surface area (Å²) in [6.45, 7) is 7.28. The van der Waals surface area contributed by atoms with Crippen molar-refractivity contribution < 1.29 is 13.2 Å². The molecule has 4 N–H and O–H groups in total. The van der Waals surface area contributed by atoms with Crippen molar-refractivity contribution in [2.75, 3.05) is 13.1 Å². The number of aliphatic imine (C=N–C) groups is 2. The largest absolute Gasteiger partial charge is 0.433 e. The minimum atomic E-state index is -4.55. The Morgan fingerprint density at radius 2 is 1.70 bits per heavy atom. The van der Waals surface area contributed by atoms with Crippen LogP contribution in [0, 0.1) is 0 Å². The van der Waals surface area contributed by atoms with Gasteiger partial charge in [0.25, 0.3) is 0 Å². The molecular weight excluding hydrogens is 481 g/mol. The number of hydrogen-bond donors (Lipinski definition) is 4. The van der Waals surface area contributed by atoms with E-state index < -0.39 is 11.9 Å². The molecule has 0 bridgehead atoms. The first-order valence-electron chi connectivity index (χ1n) is 12.3. The lowest BCUT2D eigenvalue weighted by molar-refractivity contribution is -0.140. The van der Waals surface area contributed by atoms with Gasteiger partial charge in [-0.3, -0.25) is 0 Å². The van der Waals surface area contributed by atoms with Crippen molar-refractivity contribution in [3.8, 4) is 11.3 Å². The molecule has 0 aliphatic carbocycles. The number of allylic oxidation sites excluding steroid dienone is 1. The second-order valence-electron chi connectivity index (χ2n) is 9.32. The van der Waals surface area contributed by atoms with Gasteiger partial charge in [0.2, 0.25) is 0 Å². The van der Waals surface area contributed by atoms with Crippen LogP contribution in [0.4, 0.5) is 13.2 Å². The second kappa shape index (κ2) is 10.4. The molecule has 0 saturated carbocycles. The number of rotatable bonds is 6. The van der Waals surface area contributed by atoms with Crippen LogP contribution in [-0.2, 0) is 6.18 Å². The lowest BCUT2D eigenvalue weighted by Gasteiger charge is -2.07. The van der Waals surface area contributed by atoms with E-state index in [0.29, 0.717) is 22.8 Å². The van der Waals surface area contributed by atoms with E-state index in [1.165, 1.54) is 0 Å². The van der Waals surface area contributed by atoms with E-state index in [9.17, 15) is 13.2 Å². The zero-order valence-corrected chi connectivity index (χ0v) is 20.5. The standard InChI is InChI=1S/C26H29F3N8/c1-15(20-14-34-24(35-20)18-5-3-11-31-18)13-33-23(30-2)17-9-7-16(8-10-17)21-22(26(27,28)29)37-25(36-21)19-6-4-12-32-19/h7-10,13-14,18-19,31-32H,2-6,11-12H2,1H3,(H,34,35)(H,36,37)/b15-13+,33-23?/t18-,19-/m0/s1. The number of nitrogens with zero attached hydrogens (tertiary/aromatic N) is 4. The number of benzene rings is 1. The van der Waals surface area contributed by atoms with E-state index >= 15 is 0 Å². The van der Waals surface area contributed by atoms with Crippen LogP contribution < -0.4 is 10.6 Å². The lowest BCUT2D eigenvalue weighted by atomic mass is 10.1. The van der Waals surface area contributed by atoms with Gasteiger partial charge in [-0.25, -0.2) is 20.0 Å². The molecule has 3 aromatic rings. The third kappa shape index (κ3) is 5.42. The summed E-state index contributed by atoms with van der Waals surface area (Å²) < 4.78 is 41.3. The Bertz CT molecular complexity index is 1300. The van der Waals surface area contributed by atoms with Crippen molar-refractivity contribution in [2.24, 2.45) is 9.98 Å². The van der Waals surface area contributed by atoms with Crippen LogP contribution in [0.5, 0.6) is 0 Å². The molecule has 37 heavy (non-hydrogen) atoms. The average Bonchev–Trinajstić information content (AvgIpc) is 3.70. The number of H-pyrrole nitrogens is 2. The van der Waals surface area contributed by atoms with E-state index in [4.69, 9.17) is 0 Å². The summed E-state index contributed by atoms with van der Waals surface area (Å²) in [5.74, 6) is 1.58. The average molecular weight is 511 g/mol. The molecule has 2 atom stereocenters. The fraction of sp³-hybridized carbons (Fsp3) is 0.385. The third-order valence-electron chi connectivity index (χ3n) is 6.75. The van der Waals surface area contributed by atoms with Crippen LogP contribution in [0.15, 0.2) is 46.6 Å². The van der Waals surface area contributed by atoms with Gasteiger partial charge < -0.3 is 20.6 Å². The molecule has 11 heteroatoms. The van der Waals surface area contributed by atoms with Crippen molar-refractivity contribution in [3.05, 3.63) is 65.3 Å². The molecule has 0 spiro atoms.